The smallest absolute Gasteiger partial charge is 0.311 e. The number of para-hydroxylation sites is 1. The van der Waals surface area contributed by atoms with E-state index in [4.69, 9.17) is 0 Å². The Morgan fingerprint density at radius 3 is 2.67 bits per heavy atom. The van der Waals surface area contributed by atoms with Crippen molar-refractivity contribution in [2.45, 2.75) is 37.1 Å². The molecule has 0 bridgehead atoms. The monoisotopic (exact) mass is 312 g/mol. The van der Waals surface area contributed by atoms with E-state index in [1.807, 2.05) is 0 Å². The van der Waals surface area contributed by atoms with Crippen molar-refractivity contribution < 1.29 is 18.3 Å². The Morgan fingerprint density at radius 1 is 1.38 bits per heavy atom. The molecule has 1 saturated carbocycles. The minimum absolute atomic E-state index is 0.132. The molecule has 0 radical (unpaired) electrons. The zero-order chi connectivity index (χ0) is 15.7. The molecule has 0 heterocycles. The molecule has 1 aromatic rings. The third-order valence-electron chi connectivity index (χ3n) is 4.22. The molecule has 2 rings (SSSR count). The highest BCUT2D eigenvalue weighted by molar-refractivity contribution is 7.89. The molecule has 116 valence electrons. The number of carbonyl (C=O) groups is 1. The van der Waals surface area contributed by atoms with E-state index in [1.54, 1.807) is 25.1 Å². The van der Waals surface area contributed by atoms with Gasteiger partial charge in [0.25, 0.3) is 0 Å². The predicted molar refractivity (Wildman–Crippen MR) is 79.7 cm³/mol. The largest absolute Gasteiger partial charge is 0.481 e. The van der Waals surface area contributed by atoms with Crippen LogP contribution < -0.4 is 10.0 Å². The summed E-state index contributed by atoms with van der Waals surface area (Å²) < 4.78 is 26.3. The average molecular weight is 312 g/mol. The van der Waals surface area contributed by atoms with Gasteiger partial charge in [0.2, 0.25) is 10.0 Å². The van der Waals surface area contributed by atoms with Crippen LogP contribution in [0.3, 0.4) is 0 Å². The maximum absolute atomic E-state index is 12.0. The van der Waals surface area contributed by atoms with E-state index in [0.29, 0.717) is 18.5 Å². The lowest BCUT2D eigenvalue weighted by molar-refractivity contribution is -0.147. The zero-order valence-corrected chi connectivity index (χ0v) is 12.9. The molecule has 0 saturated heterocycles. The van der Waals surface area contributed by atoms with E-state index in [0.717, 1.165) is 6.42 Å². The van der Waals surface area contributed by atoms with Gasteiger partial charge >= 0.3 is 5.97 Å². The lowest BCUT2D eigenvalue weighted by atomic mass is 9.85. The Kier molecular flexibility index (Phi) is 4.25. The lowest BCUT2D eigenvalue weighted by Gasteiger charge is -2.29. The standard InChI is InChI=1S/C14H20N2O4S/c1-14(13(17)18)9-5-8-12(14)16-10-6-3-4-7-11(10)21(19,20)15-2/h3-4,6-7,12,15-16H,5,8-9H2,1-2H3,(H,17,18). The summed E-state index contributed by atoms with van der Waals surface area (Å²) in [5.74, 6) is -0.855. The van der Waals surface area contributed by atoms with Crippen molar-refractivity contribution in [3.63, 3.8) is 0 Å². The van der Waals surface area contributed by atoms with Gasteiger partial charge in [-0.1, -0.05) is 18.6 Å². The van der Waals surface area contributed by atoms with E-state index in [1.165, 1.54) is 13.1 Å². The van der Waals surface area contributed by atoms with Crippen LogP contribution in [0.2, 0.25) is 0 Å². The Morgan fingerprint density at radius 2 is 2.05 bits per heavy atom. The molecule has 0 aliphatic heterocycles. The SMILES string of the molecule is CNS(=O)(=O)c1ccccc1NC1CCCC1(C)C(=O)O. The zero-order valence-electron chi connectivity index (χ0n) is 12.1. The molecule has 0 spiro atoms. The molecule has 1 aromatic carbocycles. The molecule has 6 nitrogen and oxygen atoms in total. The maximum Gasteiger partial charge on any atom is 0.311 e. The fourth-order valence-electron chi connectivity index (χ4n) is 2.77. The van der Waals surface area contributed by atoms with Crippen LogP contribution in [0.25, 0.3) is 0 Å². The van der Waals surface area contributed by atoms with Crippen molar-refractivity contribution in [2.24, 2.45) is 5.41 Å². The second-order valence-electron chi connectivity index (χ2n) is 5.52. The number of nitrogens with one attached hydrogen (secondary N) is 2. The van der Waals surface area contributed by atoms with Crippen LogP contribution in [0, 0.1) is 5.41 Å². The molecule has 2 atom stereocenters. The number of anilines is 1. The lowest BCUT2D eigenvalue weighted by Crippen LogP contribution is -2.40. The van der Waals surface area contributed by atoms with Gasteiger partial charge in [-0.05, 0) is 38.9 Å². The topological polar surface area (TPSA) is 95.5 Å². The van der Waals surface area contributed by atoms with Crippen molar-refractivity contribution in [3.8, 4) is 0 Å². The highest BCUT2D eigenvalue weighted by Crippen LogP contribution is 2.40. The first-order valence-electron chi connectivity index (χ1n) is 6.84. The Balaban J connectivity index is 2.35. The number of benzene rings is 1. The van der Waals surface area contributed by atoms with Crippen molar-refractivity contribution in [1.82, 2.24) is 4.72 Å². The summed E-state index contributed by atoms with van der Waals surface area (Å²) in [4.78, 5) is 11.6. The minimum Gasteiger partial charge on any atom is -0.481 e. The van der Waals surface area contributed by atoms with Crippen LogP contribution >= 0.6 is 0 Å². The molecule has 0 aromatic heterocycles. The minimum atomic E-state index is -3.59. The second-order valence-corrected chi connectivity index (χ2v) is 7.37. The van der Waals surface area contributed by atoms with E-state index in [9.17, 15) is 18.3 Å². The van der Waals surface area contributed by atoms with Crippen molar-refractivity contribution >= 4 is 21.7 Å². The summed E-state index contributed by atoms with van der Waals surface area (Å²) in [6, 6.07) is 6.24. The van der Waals surface area contributed by atoms with E-state index < -0.39 is 21.4 Å². The van der Waals surface area contributed by atoms with Gasteiger partial charge in [0, 0.05) is 6.04 Å². The van der Waals surface area contributed by atoms with Gasteiger partial charge in [-0.2, -0.15) is 0 Å². The van der Waals surface area contributed by atoms with Gasteiger partial charge < -0.3 is 10.4 Å². The van der Waals surface area contributed by atoms with E-state index >= 15 is 0 Å². The summed E-state index contributed by atoms with van der Waals surface area (Å²) in [5, 5.41) is 12.5. The van der Waals surface area contributed by atoms with Crippen LogP contribution in [0.4, 0.5) is 5.69 Å². The molecule has 1 fully saturated rings. The van der Waals surface area contributed by atoms with Crippen LogP contribution in [0.5, 0.6) is 0 Å². The first kappa shape index (κ1) is 15.8. The number of hydrogen-bond donors (Lipinski definition) is 3. The van der Waals surface area contributed by atoms with Crippen LogP contribution in [-0.4, -0.2) is 32.6 Å². The van der Waals surface area contributed by atoms with E-state index in [2.05, 4.69) is 10.0 Å². The second kappa shape index (κ2) is 5.65. The van der Waals surface area contributed by atoms with Gasteiger partial charge in [0.15, 0.2) is 0 Å². The first-order chi connectivity index (χ1) is 9.81. The number of aliphatic carboxylic acids is 1. The molecule has 2 unspecified atom stereocenters. The highest BCUT2D eigenvalue weighted by Gasteiger charge is 2.45. The summed E-state index contributed by atoms with van der Waals surface area (Å²) in [6.45, 7) is 1.70. The molecular formula is C14H20N2O4S. The summed E-state index contributed by atoms with van der Waals surface area (Å²) >= 11 is 0. The van der Waals surface area contributed by atoms with E-state index in [-0.39, 0.29) is 10.9 Å². The maximum atomic E-state index is 12.0. The summed E-state index contributed by atoms with van der Waals surface area (Å²) in [5.41, 5.74) is -0.442. The number of hydrogen-bond acceptors (Lipinski definition) is 4. The van der Waals surface area contributed by atoms with Crippen LogP contribution in [0.1, 0.15) is 26.2 Å². The molecule has 3 N–H and O–H groups in total. The summed E-state index contributed by atoms with van der Waals surface area (Å²) in [6.07, 6.45) is 2.10. The number of rotatable bonds is 5. The molecule has 7 heteroatoms. The molecule has 1 aliphatic carbocycles. The fourth-order valence-corrected chi connectivity index (χ4v) is 3.67. The third kappa shape index (κ3) is 2.89. The van der Waals surface area contributed by atoms with Crippen molar-refractivity contribution in [3.05, 3.63) is 24.3 Å². The molecule has 21 heavy (non-hydrogen) atoms. The number of sulfonamides is 1. The van der Waals surface area contributed by atoms with Gasteiger partial charge in [-0.25, -0.2) is 13.1 Å². The number of carboxylic acid groups (broad SMARTS) is 1. The predicted octanol–water partition coefficient (Wildman–Crippen LogP) is 1.65. The normalized spacial score (nSPS) is 25.7. The molecule has 1 aliphatic rings. The van der Waals surface area contributed by atoms with Gasteiger partial charge in [-0.3, -0.25) is 4.79 Å². The van der Waals surface area contributed by atoms with Crippen molar-refractivity contribution in [1.29, 1.82) is 0 Å². The highest BCUT2D eigenvalue weighted by atomic mass is 32.2. The Labute approximate surface area is 124 Å². The first-order valence-corrected chi connectivity index (χ1v) is 8.32. The fraction of sp³-hybridized carbons (Fsp3) is 0.500. The van der Waals surface area contributed by atoms with Crippen LogP contribution in [0.15, 0.2) is 29.2 Å². The van der Waals surface area contributed by atoms with Gasteiger partial charge in [0.1, 0.15) is 4.90 Å². The quantitative estimate of drug-likeness (QED) is 0.768. The molecular weight excluding hydrogens is 292 g/mol. The van der Waals surface area contributed by atoms with Gasteiger partial charge in [-0.15, -0.1) is 0 Å². The Hall–Kier alpha value is -1.60. The Bertz CT molecular complexity index is 644. The average Bonchev–Trinajstić information content (AvgIpc) is 2.82. The van der Waals surface area contributed by atoms with Crippen molar-refractivity contribution in [2.75, 3.05) is 12.4 Å². The number of carboxylic acids is 1. The molecule has 0 amide bonds. The van der Waals surface area contributed by atoms with Gasteiger partial charge in [0.05, 0.1) is 11.1 Å². The third-order valence-corrected chi connectivity index (χ3v) is 5.69. The van der Waals surface area contributed by atoms with Crippen LogP contribution in [-0.2, 0) is 14.8 Å². The summed E-state index contributed by atoms with van der Waals surface area (Å²) in [7, 11) is -2.24.